The van der Waals surface area contributed by atoms with Gasteiger partial charge in [0.05, 0.1) is 18.5 Å². The first-order chi connectivity index (χ1) is 7.75. The quantitative estimate of drug-likeness (QED) is 0.902. The fourth-order valence-electron chi connectivity index (χ4n) is 1.31. The standard InChI is InChI=1S/C10H11F2N3O.ClH/c11-10(12)15-4-3-8(14-15)6-13-7-9-2-1-5-16-9;/h1-5,10,13H,6-7H2;1H. The number of hydrogen-bond donors (Lipinski definition) is 1. The molecule has 0 aliphatic carbocycles. The van der Waals surface area contributed by atoms with Gasteiger partial charge in [-0.1, -0.05) is 0 Å². The van der Waals surface area contributed by atoms with Gasteiger partial charge in [-0.3, -0.25) is 0 Å². The highest BCUT2D eigenvalue weighted by atomic mass is 35.5. The molecule has 0 aliphatic rings. The summed E-state index contributed by atoms with van der Waals surface area (Å²) in [5.74, 6) is 0.799. The average molecular weight is 264 g/mol. The van der Waals surface area contributed by atoms with E-state index in [0.717, 1.165) is 5.76 Å². The number of nitrogens with one attached hydrogen (secondary N) is 1. The molecule has 0 amide bonds. The number of rotatable bonds is 5. The van der Waals surface area contributed by atoms with Gasteiger partial charge >= 0.3 is 6.55 Å². The zero-order valence-corrected chi connectivity index (χ0v) is 9.66. The minimum atomic E-state index is -2.58. The predicted octanol–water partition coefficient (Wildman–Crippen LogP) is 2.58. The summed E-state index contributed by atoms with van der Waals surface area (Å²) < 4.78 is 30.1. The van der Waals surface area contributed by atoms with Crippen molar-refractivity contribution in [2.45, 2.75) is 19.6 Å². The lowest BCUT2D eigenvalue weighted by atomic mass is 10.4. The molecule has 2 rings (SSSR count). The van der Waals surface area contributed by atoms with Gasteiger partial charge in [-0.15, -0.1) is 12.4 Å². The van der Waals surface area contributed by atoms with Gasteiger partial charge in [0.1, 0.15) is 5.76 Å². The Labute approximate surface area is 103 Å². The minimum absolute atomic E-state index is 0. The summed E-state index contributed by atoms with van der Waals surface area (Å²) in [6.45, 7) is -1.60. The summed E-state index contributed by atoms with van der Waals surface area (Å²) in [4.78, 5) is 0. The van der Waals surface area contributed by atoms with E-state index >= 15 is 0 Å². The van der Waals surface area contributed by atoms with Crippen LogP contribution in [0.4, 0.5) is 8.78 Å². The molecule has 4 nitrogen and oxygen atoms in total. The Morgan fingerprint density at radius 1 is 1.35 bits per heavy atom. The highest BCUT2D eigenvalue weighted by Gasteiger charge is 2.06. The summed E-state index contributed by atoms with van der Waals surface area (Å²) in [7, 11) is 0. The van der Waals surface area contributed by atoms with Crippen molar-refractivity contribution in [2.75, 3.05) is 0 Å². The molecule has 0 radical (unpaired) electrons. The molecule has 2 aromatic heterocycles. The first-order valence-corrected chi connectivity index (χ1v) is 4.81. The van der Waals surface area contributed by atoms with Gasteiger partial charge in [-0.2, -0.15) is 13.9 Å². The first-order valence-electron chi connectivity index (χ1n) is 4.81. The third-order valence-electron chi connectivity index (χ3n) is 2.05. The highest BCUT2D eigenvalue weighted by molar-refractivity contribution is 5.85. The van der Waals surface area contributed by atoms with Crippen molar-refractivity contribution in [1.82, 2.24) is 15.1 Å². The van der Waals surface area contributed by atoms with Gasteiger partial charge < -0.3 is 9.73 Å². The molecule has 0 aliphatic heterocycles. The van der Waals surface area contributed by atoms with Gasteiger partial charge in [0.15, 0.2) is 0 Å². The Bertz CT molecular complexity index is 430. The molecule has 2 aromatic rings. The maximum Gasteiger partial charge on any atom is 0.333 e. The van der Waals surface area contributed by atoms with Crippen molar-refractivity contribution >= 4 is 12.4 Å². The molecule has 0 spiro atoms. The second-order valence-electron chi connectivity index (χ2n) is 3.25. The molecule has 0 saturated carbocycles. The van der Waals surface area contributed by atoms with Crippen LogP contribution in [0, 0.1) is 0 Å². The normalized spacial score (nSPS) is 10.5. The topological polar surface area (TPSA) is 43.0 Å². The van der Waals surface area contributed by atoms with E-state index in [0.29, 0.717) is 23.5 Å². The molecule has 0 unspecified atom stereocenters. The van der Waals surface area contributed by atoms with Gasteiger partial charge in [0, 0.05) is 12.7 Å². The maximum atomic E-state index is 12.2. The van der Waals surface area contributed by atoms with E-state index < -0.39 is 6.55 Å². The Hall–Kier alpha value is -1.40. The van der Waals surface area contributed by atoms with Crippen molar-refractivity contribution in [1.29, 1.82) is 0 Å². The van der Waals surface area contributed by atoms with Crippen LogP contribution in [0.15, 0.2) is 35.1 Å². The number of hydrogen-bond acceptors (Lipinski definition) is 3. The Morgan fingerprint density at radius 3 is 2.76 bits per heavy atom. The molecule has 7 heteroatoms. The second kappa shape index (κ2) is 6.36. The Kier molecular flexibility index (Phi) is 5.11. The largest absolute Gasteiger partial charge is 0.468 e. The lowest BCUT2D eigenvalue weighted by Gasteiger charge is -2.00. The van der Waals surface area contributed by atoms with E-state index in [4.69, 9.17) is 4.42 Å². The molecular weight excluding hydrogens is 252 g/mol. The van der Waals surface area contributed by atoms with Crippen LogP contribution in [0.3, 0.4) is 0 Å². The van der Waals surface area contributed by atoms with E-state index in [-0.39, 0.29) is 12.4 Å². The Morgan fingerprint density at radius 2 is 2.18 bits per heavy atom. The molecule has 0 aromatic carbocycles. The molecule has 0 atom stereocenters. The number of alkyl halides is 2. The first kappa shape index (κ1) is 13.7. The molecule has 94 valence electrons. The van der Waals surface area contributed by atoms with Crippen LogP contribution in [0.2, 0.25) is 0 Å². The summed E-state index contributed by atoms with van der Waals surface area (Å²) in [5.41, 5.74) is 0.576. The van der Waals surface area contributed by atoms with Gasteiger partial charge in [0.25, 0.3) is 0 Å². The van der Waals surface area contributed by atoms with E-state index in [1.807, 2.05) is 6.07 Å². The minimum Gasteiger partial charge on any atom is -0.468 e. The summed E-state index contributed by atoms with van der Waals surface area (Å²) in [5, 5.41) is 6.74. The van der Waals surface area contributed by atoms with Crippen molar-refractivity contribution in [2.24, 2.45) is 0 Å². The van der Waals surface area contributed by atoms with Crippen LogP contribution in [-0.4, -0.2) is 9.78 Å². The van der Waals surface area contributed by atoms with Crippen LogP contribution in [0.1, 0.15) is 18.0 Å². The van der Waals surface area contributed by atoms with E-state index in [9.17, 15) is 8.78 Å². The van der Waals surface area contributed by atoms with E-state index in [2.05, 4.69) is 10.4 Å². The van der Waals surface area contributed by atoms with Crippen LogP contribution >= 0.6 is 12.4 Å². The number of halogens is 3. The molecule has 0 saturated heterocycles. The summed E-state index contributed by atoms with van der Waals surface area (Å²) in [6.07, 6.45) is 2.84. The van der Waals surface area contributed by atoms with Crippen LogP contribution in [0.25, 0.3) is 0 Å². The summed E-state index contributed by atoms with van der Waals surface area (Å²) in [6, 6.07) is 5.19. The SMILES string of the molecule is Cl.FC(F)n1ccc(CNCc2ccco2)n1. The third-order valence-corrected chi connectivity index (χ3v) is 2.05. The Balaban J connectivity index is 0.00000144. The summed E-state index contributed by atoms with van der Waals surface area (Å²) >= 11 is 0. The smallest absolute Gasteiger partial charge is 0.333 e. The van der Waals surface area contributed by atoms with Crippen molar-refractivity contribution in [3.63, 3.8) is 0 Å². The third kappa shape index (κ3) is 3.83. The molecule has 17 heavy (non-hydrogen) atoms. The monoisotopic (exact) mass is 263 g/mol. The lowest BCUT2D eigenvalue weighted by Crippen LogP contribution is -2.13. The number of aromatic nitrogens is 2. The number of furan rings is 1. The predicted molar refractivity (Wildman–Crippen MR) is 60.0 cm³/mol. The molecular formula is C10H12ClF2N3O. The fourth-order valence-corrected chi connectivity index (χ4v) is 1.31. The van der Waals surface area contributed by atoms with Crippen LogP contribution in [0.5, 0.6) is 0 Å². The number of nitrogens with zero attached hydrogens (tertiary/aromatic N) is 2. The second-order valence-corrected chi connectivity index (χ2v) is 3.25. The van der Waals surface area contributed by atoms with Crippen LogP contribution in [-0.2, 0) is 13.1 Å². The lowest BCUT2D eigenvalue weighted by molar-refractivity contribution is 0.0561. The molecule has 0 fully saturated rings. The van der Waals surface area contributed by atoms with Crippen molar-refractivity contribution < 1.29 is 13.2 Å². The fraction of sp³-hybridized carbons (Fsp3) is 0.300. The zero-order chi connectivity index (χ0) is 11.4. The average Bonchev–Trinajstić information content (AvgIpc) is 2.87. The van der Waals surface area contributed by atoms with Crippen molar-refractivity contribution in [3.05, 3.63) is 42.1 Å². The highest BCUT2D eigenvalue weighted by Crippen LogP contribution is 2.08. The molecule has 1 N–H and O–H groups in total. The van der Waals surface area contributed by atoms with Gasteiger partial charge in [-0.05, 0) is 18.2 Å². The molecule has 2 heterocycles. The van der Waals surface area contributed by atoms with E-state index in [1.165, 1.54) is 6.20 Å². The zero-order valence-electron chi connectivity index (χ0n) is 8.85. The maximum absolute atomic E-state index is 12.2. The molecule has 0 bridgehead atoms. The van der Waals surface area contributed by atoms with Crippen molar-refractivity contribution in [3.8, 4) is 0 Å². The van der Waals surface area contributed by atoms with Gasteiger partial charge in [0.2, 0.25) is 0 Å². The van der Waals surface area contributed by atoms with Crippen LogP contribution < -0.4 is 5.32 Å². The van der Waals surface area contributed by atoms with E-state index in [1.54, 1.807) is 18.4 Å². The van der Waals surface area contributed by atoms with Gasteiger partial charge in [-0.25, -0.2) is 4.68 Å².